The van der Waals surface area contributed by atoms with Crippen molar-refractivity contribution in [1.29, 1.82) is 0 Å². The van der Waals surface area contributed by atoms with Crippen LogP contribution in [0.5, 0.6) is 0 Å². The molecule has 2 aliphatic rings. The van der Waals surface area contributed by atoms with Crippen LogP contribution in [0.15, 0.2) is 12.2 Å². The van der Waals surface area contributed by atoms with Crippen molar-refractivity contribution >= 4 is 5.97 Å². The van der Waals surface area contributed by atoms with E-state index >= 15 is 0 Å². The van der Waals surface area contributed by atoms with Gasteiger partial charge in [-0.3, -0.25) is 4.79 Å². The predicted octanol–water partition coefficient (Wildman–Crippen LogP) is 2.68. The van der Waals surface area contributed by atoms with Gasteiger partial charge in [0, 0.05) is 12.3 Å². The van der Waals surface area contributed by atoms with Crippen molar-refractivity contribution in [3.05, 3.63) is 12.2 Å². The van der Waals surface area contributed by atoms with Crippen LogP contribution in [-0.2, 0) is 9.53 Å². The maximum atomic E-state index is 11.2. The summed E-state index contributed by atoms with van der Waals surface area (Å²) >= 11 is 0. The molecule has 0 radical (unpaired) electrons. The number of allylic oxidation sites excluding steroid dienone is 2. The molecule has 1 saturated carbocycles. The van der Waals surface area contributed by atoms with Crippen LogP contribution in [-0.4, -0.2) is 12.1 Å². The number of ether oxygens (including phenoxy) is 1. The summed E-state index contributed by atoms with van der Waals surface area (Å²) in [6.07, 6.45) is 9.79. The molecule has 0 N–H and O–H groups in total. The highest BCUT2D eigenvalue weighted by Gasteiger charge is 2.42. The van der Waals surface area contributed by atoms with Crippen LogP contribution in [0.25, 0.3) is 0 Å². The van der Waals surface area contributed by atoms with Crippen molar-refractivity contribution in [1.82, 2.24) is 0 Å². The van der Waals surface area contributed by atoms with E-state index in [9.17, 15) is 4.79 Å². The first-order valence-electron chi connectivity index (χ1n) is 5.65. The molecule has 1 aliphatic carbocycles. The Labute approximate surface area is 85.3 Å². The minimum Gasteiger partial charge on any atom is -0.462 e. The van der Waals surface area contributed by atoms with E-state index in [1.54, 1.807) is 0 Å². The Bertz CT molecular complexity index is 229. The van der Waals surface area contributed by atoms with Crippen molar-refractivity contribution in [2.45, 2.75) is 45.1 Å². The van der Waals surface area contributed by atoms with Gasteiger partial charge in [-0.05, 0) is 31.6 Å². The van der Waals surface area contributed by atoms with Gasteiger partial charge in [0.05, 0.1) is 0 Å². The number of rotatable bonds is 3. The molecule has 0 aromatic carbocycles. The zero-order valence-electron chi connectivity index (χ0n) is 8.74. The molecule has 14 heavy (non-hydrogen) atoms. The minimum atomic E-state index is 0.0215. The molecule has 0 aromatic rings. The fourth-order valence-electron chi connectivity index (χ4n) is 2.71. The summed E-state index contributed by atoms with van der Waals surface area (Å²) in [6, 6.07) is 0. The lowest BCUT2D eigenvalue weighted by atomic mass is 9.87. The number of hydrogen-bond acceptors (Lipinski definition) is 2. The van der Waals surface area contributed by atoms with Crippen LogP contribution in [0.4, 0.5) is 0 Å². The maximum absolute atomic E-state index is 11.2. The van der Waals surface area contributed by atoms with E-state index in [1.807, 2.05) is 0 Å². The standard InChI is InChI=1S/C12H18O2/c1-2-3-4-5-10-9-6-7-11(10)14-12(13)8-9/h3-4,9-11H,2,5-8H2,1H3/b4-3-. The van der Waals surface area contributed by atoms with Gasteiger partial charge in [0.25, 0.3) is 0 Å². The zero-order chi connectivity index (χ0) is 9.97. The van der Waals surface area contributed by atoms with Crippen LogP contribution in [0.2, 0.25) is 0 Å². The van der Waals surface area contributed by atoms with Gasteiger partial charge in [-0.15, -0.1) is 0 Å². The minimum absolute atomic E-state index is 0.0215. The molecule has 2 fully saturated rings. The summed E-state index contributed by atoms with van der Waals surface area (Å²) in [5.74, 6) is 1.23. The van der Waals surface area contributed by atoms with Gasteiger partial charge in [-0.2, -0.15) is 0 Å². The lowest BCUT2D eigenvalue weighted by Gasteiger charge is -2.28. The lowest BCUT2D eigenvalue weighted by Crippen LogP contribution is -2.31. The first-order chi connectivity index (χ1) is 6.81. The molecule has 0 amide bonds. The van der Waals surface area contributed by atoms with Crippen LogP contribution >= 0.6 is 0 Å². The van der Waals surface area contributed by atoms with Crippen molar-refractivity contribution < 1.29 is 9.53 Å². The second-order valence-corrected chi connectivity index (χ2v) is 4.35. The number of carbonyl (C=O) groups excluding carboxylic acids is 1. The SMILES string of the molecule is CC/C=C\CC1C2CCC1OC(=O)C2. The van der Waals surface area contributed by atoms with Crippen LogP contribution in [0, 0.1) is 11.8 Å². The normalized spacial score (nSPS) is 36.4. The van der Waals surface area contributed by atoms with Crippen molar-refractivity contribution in [2.24, 2.45) is 11.8 Å². The Morgan fingerprint density at radius 3 is 3.00 bits per heavy atom. The highest BCUT2D eigenvalue weighted by atomic mass is 16.5. The quantitative estimate of drug-likeness (QED) is 0.510. The summed E-state index contributed by atoms with van der Waals surface area (Å²) in [4.78, 5) is 11.2. The number of carbonyl (C=O) groups is 1. The van der Waals surface area contributed by atoms with E-state index < -0.39 is 0 Å². The molecule has 2 bridgehead atoms. The average Bonchev–Trinajstić information content (AvgIpc) is 2.42. The van der Waals surface area contributed by atoms with Crippen molar-refractivity contribution in [3.63, 3.8) is 0 Å². The van der Waals surface area contributed by atoms with Crippen LogP contribution < -0.4 is 0 Å². The Balaban J connectivity index is 1.94. The van der Waals surface area contributed by atoms with E-state index in [1.165, 1.54) is 6.42 Å². The van der Waals surface area contributed by atoms with Gasteiger partial charge < -0.3 is 4.74 Å². The molecule has 3 unspecified atom stereocenters. The largest absolute Gasteiger partial charge is 0.462 e. The third-order valence-electron chi connectivity index (χ3n) is 3.43. The third kappa shape index (κ3) is 1.84. The molecule has 1 heterocycles. The van der Waals surface area contributed by atoms with Gasteiger partial charge in [-0.1, -0.05) is 19.1 Å². The molecular weight excluding hydrogens is 176 g/mol. The zero-order valence-corrected chi connectivity index (χ0v) is 8.74. The maximum Gasteiger partial charge on any atom is 0.306 e. The van der Waals surface area contributed by atoms with Gasteiger partial charge in [0.2, 0.25) is 0 Å². The summed E-state index contributed by atoms with van der Waals surface area (Å²) in [7, 11) is 0. The molecule has 0 spiro atoms. The summed E-state index contributed by atoms with van der Waals surface area (Å²) in [5, 5.41) is 0. The molecule has 0 aromatic heterocycles. The number of hydrogen-bond donors (Lipinski definition) is 0. The van der Waals surface area contributed by atoms with E-state index in [2.05, 4.69) is 19.1 Å². The van der Waals surface area contributed by atoms with E-state index in [0.29, 0.717) is 18.3 Å². The first kappa shape index (κ1) is 9.75. The second kappa shape index (κ2) is 4.16. The fourth-order valence-corrected chi connectivity index (χ4v) is 2.71. The lowest BCUT2D eigenvalue weighted by molar-refractivity contribution is -0.157. The number of esters is 1. The van der Waals surface area contributed by atoms with Crippen LogP contribution in [0.3, 0.4) is 0 Å². The Morgan fingerprint density at radius 2 is 2.29 bits per heavy atom. The Hall–Kier alpha value is -0.790. The predicted molar refractivity (Wildman–Crippen MR) is 54.8 cm³/mol. The average molecular weight is 194 g/mol. The van der Waals surface area contributed by atoms with Gasteiger partial charge in [0.1, 0.15) is 6.10 Å². The topological polar surface area (TPSA) is 26.3 Å². The van der Waals surface area contributed by atoms with Crippen LogP contribution in [0.1, 0.15) is 39.0 Å². The molecule has 2 nitrogen and oxygen atoms in total. The van der Waals surface area contributed by atoms with Gasteiger partial charge in [-0.25, -0.2) is 0 Å². The Kier molecular flexibility index (Phi) is 2.90. The molecule has 78 valence electrons. The summed E-state index contributed by atoms with van der Waals surface area (Å²) in [5.41, 5.74) is 0. The molecule has 3 atom stereocenters. The fraction of sp³-hybridized carbons (Fsp3) is 0.750. The van der Waals surface area contributed by atoms with E-state index in [-0.39, 0.29) is 12.1 Å². The highest BCUT2D eigenvalue weighted by molar-refractivity contribution is 5.71. The molecule has 2 heteroatoms. The number of fused-ring (bicyclic) bond motifs is 2. The van der Waals surface area contributed by atoms with E-state index in [0.717, 1.165) is 19.3 Å². The molecule has 1 saturated heterocycles. The van der Waals surface area contributed by atoms with Gasteiger partial charge in [0.15, 0.2) is 0 Å². The first-order valence-corrected chi connectivity index (χ1v) is 5.65. The second-order valence-electron chi connectivity index (χ2n) is 4.35. The molecule has 1 aliphatic heterocycles. The summed E-state index contributed by atoms with van der Waals surface area (Å²) in [6.45, 7) is 2.14. The molecular formula is C12H18O2. The van der Waals surface area contributed by atoms with Crippen molar-refractivity contribution in [3.8, 4) is 0 Å². The van der Waals surface area contributed by atoms with Crippen molar-refractivity contribution in [2.75, 3.05) is 0 Å². The monoisotopic (exact) mass is 194 g/mol. The molecule has 2 rings (SSSR count). The highest BCUT2D eigenvalue weighted by Crippen LogP contribution is 2.42. The Morgan fingerprint density at radius 1 is 1.43 bits per heavy atom. The summed E-state index contributed by atoms with van der Waals surface area (Å²) < 4.78 is 5.35. The smallest absolute Gasteiger partial charge is 0.306 e. The third-order valence-corrected chi connectivity index (χ3v) is 3.43. The van der Waals surface area contributed by atoms with E-state index in [4.69, 9.17) is 4.74 Å². The van der Waals surface area contributed by atoms with Gasteiger partial charge >= 0.3 is 5.97 Å².